The third-order valence-electron chi connectivity index (χ3n) is 2.25. The summed E-state index contributed by atoms with van der Waals surface area (Å²) in [7, 11) is 1.82. The van der Waals surface area contributed by atoms with E-state index in [9.17, 15) is 4.79 Å². The molecule has 1 rings (SSSR count). The molecule has 1 amide bonds. The van der Waals surface area contributed by atoms with E-state index in [2.05, 4.69) is 10.8 Å². The fourth-order valence-electron chi connectivity index (χ4n) is 1.38. The Morgan fingerprint density at radius 2 is 2.07 bits per heavy atom. The number of carbonyl (C=O) groups excluding carboxylic acids is 1. The molecule has 2 atom stereocenters. The van der Waals surface area contributed by atoms with E-state index in [1.54, 1.807) is 0 Å². The van der Waals surface area contributed by atoms with Gasteiger partial charge < -0.3 is 10.1 Å². The Bertz CT molecular complexity index is 225. The fourth-order valence-corrected chi connectivity index (χ4v) is 1.38. The van der Waals surface area contributed by atoms with Crippen molar-refractivity contribution in [1.82, 2.24) is 10.8 Å². The smallest absolute Gasteiger partial charge is 0.250 e. The molecule has 0 aromatic rings. The monoisotopic (exact) mass is 216 g/mol. The quantitative estimate of drug-likeness (QED) is 0.655. The van der Waals surface area contributed by atoms with E-state index >= 15 is 0 Å². The normalized spacial score (nSPS) is 26.7. The molecule has 15 heavy (non-hydrogen) atoms. The highest BCUT2D eigenvalue weighted by Gasteiger charge is 2.33. The molecule has 1 aliphatic heterocycles. The van der Waals surface area contributed by atoms with Gasteiger partial charge in [-0.3, -0.25) is 9.63 Å². The Morgan fingerprint density at radius 3 is 2.60 bits per heavy atom. The maximum atomic E-state index is 11.7. The van der Waals surface area contributed by atoms with Crippen molar-refractivity contribution in [2.24, 2.45) is 5.92 Å². The highest BCUT2D eigenvalue weighted by molar-refractivity contribution is 5.78. The van der Waals surface area contributed by atoms with Crippen LogP contribution in [0.1, 0.15) is 20.8 Å². The fraction of sp³-hybridized carbons (Fsp3) is 0.900. The molecular formula is C10H20N2O3. The zero-order chi connectivity index (χ0) is 11.5. The summed E-state index contributed by atoms with van der Waals surface area (Å²) >= 11 is 0. The predicted molar refractivity (Wildman–Crippen MR) is 56.1 cm³/mol. The van der Waals surface area contributed by atoms with Crippen LogP contribution in [0.25, 0.3) is 0 Å². The molecule has 0 aromatic heterocycles. The van der Waals surface area contributed by atoms with Gasteiger partial charge in [0.15, 0.2) is 0 Å². The molecule has 0 spiro atoms. The first-order chi connectivity index (χ1) is 6.94. The van der Waals surface area contributed by atoms with Crippen LogP contribution in [-0.4, -0.2) is 37.8 Å². The molecule has 88 valence electrons. The van der Waals surface area contributed by atoms with Gasteiger partial charge in [-0.15, -0.1) is 0 Å². The number of carbonyl (C=O) groups is 1. The van der Waals surface area contributed by atoms with Crippen molar-refractivity contribution in [3.8, 4) is 0 Å². The Hall–Kier alpha value is -0.650. The number of ether oxygens (including phenoxy) is 1. The molecule has 0 saturated carbocycles. The first-order valence-corrected chi connectivity index (χ1v) is 5.17. The topological polar surface area (TPSA) is 59.6 Å². The zero-order valence-electron chi connectivity index (χ0n) is 9.79. The highest BCUT2D eigenvalue weighted by atomic mass is 16.7. The first-order valence-electron chi connectivity index (χ1n) is 5.17. The third kappa shape index (κ3) is 3.77. The van der Waals surface area contributed by atoms with Gasteiger partial charge in [0.2, 0.25) is 0 Å². The number of nitrogens with one attached hydrogen (secondary N) is 2. The van der Waals surface area contributed by atoms with Gasteiger partial charge >= 0.3 is 0 Å². The van der Waals surface area contributed by atoms with E-state index in [4.69, 9.17) is 9.57 Å². The molecule has 1 fully saturated rings. The number of amides is 1. The SMILES string of the molecule is CNC1COCC1C(=O)NOC(C)(C)C. The van der Waals surface area contributed by atoms with Gasteiger partial charge in [0.05, 0.1) is 24.7 Å². The van der Waals surface area contributed by atoms with Crippen LogP contribution in [-0.2, 0) is 14.4 Å². The lowest BCUT2D eigenvalue weighted by Crippen LogP contribution is -2.44. The van der Waals surface area contributed by atoms with Crippen molar-refractivity contribution in [2.75, 3.05) is 20.3 Å². The predicted octanol–water partition coefficient (Wildman–Crippen LogP) is 0.0671. The summed E-state index contributed by atoms with van der Waals surface area (Å²) in [5.74, 6) is -0.292. The summed E-state index contributed by atoms with van der Waals surface area (Å²) in [4.78, 5) is 16.9. The average molecular weight is 216 g/mol. The van der Waals surface area contributed by atoms with Gasteiger partial charge in [0.1, 0.15) is 0 Å². The number of rotatable bonds is 3. The van der Waals surface area contributed by atoms with E-state index in [0.717, 1.165) is 0 Å². The molecule has 5 heteroatoms. The largest absolute Gasteiger partial charge is 0.379 e. The van der Waals surface area contributed by atoms with Crippen LogP contribution in [0, 0.1) is 5.92 Å². The molecule has 0 bridgehead atoms. The number of hydrogen-bond donors (Lipinski definition) is 2. The van der Waals surface area contributed by atoms with E-state index < -0.39 is 0 Å². The molecule has 0 aliphatic carbocycles. The maximum Gasteiger partial charge on any atom is 0.250 e. The molecule has 1 heterocycles. The maximum absolute atomic E-state index is 11.7. The third-order valence-corrected chi connectivity index (χ3v) is 2.25. The summed E-state index contributed by atoms with van der Waals surface area (Å²) < 4.78 is 5.23. The van der Waals surface area contributed by atoms with Crippen molar-refractivity contribution in [3.05, 3.63) is 0 Å². The minimum absolute atomic E-state index is 0.0774. The lowest BCUT2D eigenvalue weighted by atomic mass is 10.0. The molecule has 2 unspecified atom stereocenters. The van der Waals surface area contributed by atoms with E-state index in [0.29, 0.717) is 13.2 Å². The number of hydrogen-bond acceptors (Lipinski definition) is 4. The van der Waals surface area contributed by atoms with Crippen LogP contribution in [0.3, 0.4) is 0 Å². The lowest BCUT2D eigenvalue weighted by Gasteiger charge is -2.22. The second-order valence-electron chi connectivity index (χ2n) is 4.72. The Kier molecular flexibility index (Phi) is 4.07. The second-order valence-corrected chi connectivity index (χ2v) is 4.72. The Morgan fingerprint density at radius 1 is 1.40 bits per heavy atom. The van der Waals surface area contributed by atoms with E-state index in [1.807, 2.05) is 27.8 Å². The van der Waals surface area contributed by atoms with E-state index in [1.165, 1.54) is 0 Å². The minimum Gasteiger partial charge on any atom is -0.379 e. The Labute approximate surface area is 90.5 Å². The average Bonchev–Trinajstić information content (AvgIpc) is 2.60. The van der Waals surface area contributed by atoms with Gasteiger partial charge in [-0.05, 0) is 27.8 Å². The van der Waals surface area contributed by atoms with Crippen LogP contribution in [0.4, 0.5) is 0 Å². The lowest BCUT2D eigenvalue weighted by molar-refractivity contribution is -0.150. The van der Waals surface area contributed by atoms with Crippen molar-refractivity contribution in [3.63, 3.8) is 0 Å². The highest BCUT2D eigenvalue weighted by Crippen LogP contribution is 2.14. The van der Waals surface area contributed by atoms with Gasteiger partial charge in [0.25, 0.3) is 5.91 Å². The zero-order valence-corrected chi connectivity index (χ0v) is 9.79. The molecule has 0 radical (unpaired) electrons. The Balaban J connectivity index is 2.40. The first kappa shape index (κ1) is 12.4. The summed E-state index contributed by atoms with van der Waals surface area (Å²) in [5.41, 5.74) is 2.10. The van der Waals surface area contributed by atoms with Crippen LogP contribution < -0.4 is 10.8 Å². The summed E-state index contributed by atoms with van der Waals surface area (Å²) in [6, 6.07) is 0.0774. The minimum atomic E-state index is -0.371. The van der Waals surface area contributed by atoms with Gasteiger partial charge in [0, 0.05) is 6.04 Å². The molecule has 1 saturated heterocycles. The van der Waals surface area contributed by atoms with Crippen LogP contribution >= 0.6 is 0 Å². The van der Waals surface area contributed by atoms with Gasteiger partial charge in [-0.1, -0.05) is 0 Å². The molecule has 5 nitrogen and oxygen atoms in total. The molecule has 0 aromatic carbocycles. The van der Waals surface area contributed by atoms with E-state index in [-0.39, 0.29) is 23.5 Å². The van der Waals surface area contributed by atoms with Gasteiger partial charge in [-0.2, -0.15) is 0 Å². The van der Waals surface area contributed by atoms with Crippen molar-refractivity contribution in [1.29, 1.82) is 0 Å². The van der Waals surface area contributed by atoms with Crippen LogP contribution in [0.15, 0.2) is 0 Å². The molecular weight excluding hydrogens is 196 g/mol. The molecule has 2 N–H and O–H groups in total. The van der Waals surface area contributed by atoms with Crippen molar-refractivity contribution >= 4 is 5.91 Å². The second kappa shape index (κ2) is 4.92. The number of hydroxylamine groups is 1. The molecule has 1 aliphatic rings. The van der Waals surface area contributed by atoms with Gasteiger partial charge in [-0.25, -0.2) is 5.48 Å². The van der Waals surface area contributed by atoms with Crippen molar-refractivity contribution < 1.29 is 14.4 Å². The summed E-state index contributed by atoms with van der Waals surface area (Å²) in [6.07, 6.45) is 0. The number of likely N-dealkylation sites (N-methyl/N-ethyl adjacent to an activating group) is 1. The standard InChI is InChI=1S/C10H20N2O3/c1-10(2,3)15-12-9(13)7-5-14-6-8(7)11-4/h7-8,11H,5-6H2,1-4H3,(H,12,13). The summed E-state index contributed by atoms with van der Waals surface area (Å²) in [6.45, 7) is 6.67. The van der Waals surface area contributed by atoms with Crippen LogP contribution in [0.5, 0.6) is 0 Å². The van der Waals surface area contributed by atoms with Crippen molar-refractivity contribution in [2.45, 2.75) is 32.4 Å². The summed E-state index contributed by atoms with van der Waals surface area (Å²) in [5, 5.41) is 3.05. The van der Waals surface area contributed by atoms with Crippen LogP contribution in [0.2, 0.25) is 0 Å².